The van der Waals surface area contributed by atoms with Crippen LogP contribution in [0.4, 0.5) is 0 Å². The first-order valence-corrected chi connectivity index (χ1v) is 4.13. The summed E-state index contributed by atoms with van der Waals surface area (Å²) in [5.41, 5.74) is 4.84. The van der Waals surface area contributed by atoms with Gasteiger partial charge in [0, 0.05) is 0 Å². The molecule has 1 fully saturated rings. The van der Waals surface area contributed by atoms with E-state index >= 15 is 0 Å². The summed E-state index contributed by atoms with van der Waals surface area (Å²) in [4.78, 5) is 10.8. The van der Waals surface area contributed by atoms with Gasteiger partial charge in [-0.25, -0.2) is 0 Å². The molecule has 0 aromatic heterocycles. The SMILES string of the molecule is CCC1CCCC1(N)C(=O)O.Cl. The molecule has 0 bridgehead atoms. The molecule has 4 heteroatoms. The van der Waals surface area contributed by atoms with E-state index in [1.54, 1.807) is 0 Å². The normalized spacial score (nSPS) is 34.3. The molecule has 0 amide bonds. The van der Waals surface area contributed by atoms with E-state index < -0.39 is 11.5 Å². The first-order valence-electron chi connectivity index (χ1n) is 4.13. The summed E-state index contributed by atoms with van der Waals surface area (Å²) in [7, 11) is 0. The van der Waals surface area contributed by atoms with Crippen molar-refractivity contribution in [3.63, 3.8) is 0 Å². The second-order valence-electron chi connectivity index (χ2n) is 3.34. The molecular formula is C8H16ClNO2. The summed E-state index contributed by atoms with van der Waals surface area (Å²) in [6, 6.07) is 0. The van der Waals surface area contributed by atoms with Crippen LogP contribution in [0, 0.1) is 5.92 Å². The molecule has 0 saturated heterocycles. The number of rotatable bonds is 2. The molecule has 72 valence electrons. The Bertz CT molecular complexity index is 174. The molecule has 1 aliphatic carbocycles. The van der Waals surface area contributed by atoms with Crippen LogP contribution in [0.1, 0.15) is 32.6 Å². The molecule has 0 aliphatic heterocycles. The summed E-state index contributed by atoms with van der Waals surface area (Å²) >= 11 is 0. The predicted octanol–water partition coefficient (Wildman–Crippen LogP) is 1.40. The molecule has 1 aliphatic rings. The van der Waals surface area contributed by atoms with Gasteiger partial charge in [-0.3, -0.25) is 4.79 Å². The van der Waals surface area contributed by atoms with Crippen LogP contribution in [0.15, 0.2) is 0 Å². The van der Waals surface area contributed by atoms with Crippen LogP contribution in [0.5, 0.6) is 0 Å². The molecule has 0 aromatic rings. The van der Waals surface area contributed by atoms with E-state index in [0.29, 0.717) is 6.42 Å². The predicted molar refractivity (Wildman–Crippen MR) is 49.4 cm³/mol. The zero-order chi connectivity index (χ0) is 8.48. The topological polar surface area (TPSA) is 63.3 Å². The fraction of sp³-hybridized carbons (Fsp3) is 0.875. The summed E-state index contributed by atoms with van der Waals surface area (Å²) < 4.78 is 0. The van der Waals surface area contributed by atoms with Crippen LogP contribution in [-0.2, 0) is 4.79 Å². The average Bonchev–Trinajstić information content (AvgIpc) is 2.32. The smallest absolute Gasteiger partial charge is 0.323 e. The summed E-state index contributed by atoms with van der Waals surface area (Å²) in [6.07, 6.45) is 3.45. The lowest BCUT2D eigenvalue weighted by molar-refractivity contribution is -0.144. The maximum atomic E-state index is 10.8. The zero-order valence-electron chi connectivity index (χ0n) is 7.25. The van der Waals surface area contributed by atoms with Crippen LogP contribution in [0.3, 0.4) is 0 Å². The van der Waals surface area contributed by atoms with Crippen LogP contribution in [-0.4, -0.2) is 16.6 Å². The fourth-order valence-corrected chi connectivity index (χ4v) is 1.95. The molecule has 0 spiro atoms. The van der Waals surface area contributed by atoms with Gasteiger partial charge in [0.05, 0.1) is 0 Å². The number of nitrogens with two attached hydrogens (primary N) is 1. The fourth-order valence-electron chi connectivity index (χ4n) is 1.95. The summed E-state index contributed by atoms with van der Waals surface area (Å²) in [5, 5.41) is 8.85. The van der Waals surface area contributed by atoms with E-state index in [2.05, 4.69) is 0 Å². The van der Waals surface area contributed by atoms with Gasteiger partial charge in [0.2, 0.25) is 0 Å². The van der Waals surface area contributed by atoms with Crippen LogP contribution < -0.4 is 5.73 Å². The molecule has 0 heterocycles. The van der Waals surface area contributed by atoms with Crippen molar-refractivity contribution in [3.8, 4) is 0 Å². The molecule has 12 heavy (non-hydrogen) atoms. The summed E-state index contributed by atoms with van der Waals surface area (Å²) in [6.45, 7) is 2.00. The molecular weight excluding hydrogens is 178 g/mol. The number of halogens is 1. The van der Waals surface area contributed by atoms with Crippen molar-refractivity contribution in [1.82, 2.24) is 0 Å². The molecule has 1 rings (SSSR count). The van der Waals surface area contributed by atoms with Gasteiger partial charge < -0.3 is 10.8 Å². The highest BCUT2D eigenvalue weighted by atomic mass is 35.5. The summed E-state index contributed by atoms with van der Waals surface area (Å²) in [5.74, 6) is -0.651. The monoisotopic (exact) mass is 193 g/mol. The van der Waals surface area contributed by atoms with Gasteiger partial charge in [-0.15, -0.1) is 12.4 Å². The van der Waals surface area contributed by atoms with Crippen molar-refractivity contribution in [2.24, 2.45) is 11.7 Å². The van der Waals surface area contributed by atoms with Gasteiger partial charge in [-0.05, 0) is 18.8 Å². The van der Waals surface area contributed by atoms with Crippen molar-refractivity contribution >= 4 is 18.4 Å². The Morgan fingerprint density at radius 3 is 2.67 bits per heavy atom. The number of hydrogen-bond donors (Lipinski definition) is 2. The third-order valence-corrected chi connectivity index (χ3v) is 2.76. The lowest BCUT2D eigenvalue weighted by atomic mass is 9.86. The van der Waals surface area contributed by atoms with Crippen molar-refractivity contribution in [3.05, 3.63) is 0 Å². The molecule has 1 saturated carbocycles. The molecule has 3 N–H and O–H groups in total. The van der Waals surface area contributed by atoms with Crippen molar-refractivity contribution in [2.45, 2.75) is 38.1 Å². The highest BCUT2D eigenvalue weighted by Crippen LogP contribution is 2.35. The van der Waals surface area contributed by atoms with Gasteiger partial charge in [0.25, 0.3) is 0 Å². The first kappa shape index (κ1) is 11.7. The molecule has 0 radical (unpaired) electrons. The molecule has 3 nitrogen and oxygen atoms in total. The first-order chi connectivity index (χ1) is 5.11. The second-order valence-corrected chi connectivity index (χ2v) is 3.34. The van der Waals surface area contributed by atoms with Gasteiger partial charge in [-0.2, -0.15) is 0 Å². The van der Waals surface area contributed by atoms with Crippen LogP contribution in [0.25, 0.3) is 0 Å². The van der Waals surface area contributed by atoms with E-state index in [4.69, 9.17) is 10.8 Å². The maximum absolute atomic E-state index is 10.8. The third kappa shape index (κ3) is 1.72. The van der Waals surface area contributed by atoms with Crippen LogP contribution in [0.2, 0.25) is 0 Å². The minimum Gasteiger partial charge on any atom is -0.480 e. The van der Waals surface area contributed by atoms with Gasteiger partial charge in [-0.1, -0.05) is 19.8 Å². The van der Waals surface area contributed by atoms with E-state index in [9.17, 15) is 4.79 Å². The maximum Gasteiger partial charge on any atom is 0.323 e. The lowest BCUT2D eigenvalue weighted by Crippen LogP contribution is -2.50. The average molecular weight is 194 g/mol. The number of carboxylic acid groups (broad SMARTS) is 1. The Balaban J connectivity index is 0.00000121. The highest BCUT2D eigenvalue weighted by molar-refractivity contribution is 5.85. The largest absolute Gasteiger partial charge is 0.480 e. The van der Waals surface area contributed by atoms with Gasteiger partial charge >= 0.3 is 5.97 Å². The Hall–Kier alpha value is -0.280. The number of carboxylic acids is 1. The van der Waals surface area contributed by atoms with Crippen molar-refractivity contribution in [2.75, 3.05) is 0 Å². The van der Waals surface area contributed by atoms with Crippen LogP contribution >= 0.6 is 12.4 Å². The Kier molecular flexibility index (Phi) is 4.00. The second kappa shape index (κ2) is 4.10. The minimum atomic E-state index is -0.922. The van der Waals surface area contributed by atoms with E-state index in [1.165, 1.54) is 0 Å². The number of carbonyl (C=O) groups is 1. The number of aliphatic carboxylic acids is 1. The van der Waals surface area contributed by atoms with E-state index in [0.717, 1.165) is 19.3 Å². The lowest BCUT2D eigenvalue weighted by Gasteiger charge is -2.25. The molecule has 0 aromatic carbocycles. The zero-order valence-corrected chi connectivity index (χ0v) is 8.06. The third-order valence-electron chi connectivity index (χ3n) is 2.76. The van der Waals surface area contributed by atoms with Crippen molar-refractivity contribution in [1.29, 1.82) is 0 Å². The van der Waals surface area contributed by atoms with Crippen molar-refractivity contribution < 1.29 is 9.90 Å². The van der Waals surface area contributed by atoms with E-state index in [1.807, 2.05) is 6.92 Å². The standard InChI is InChI=1S/C8H15NO2.ClH/c1-2-6-4-3-5-8(6,9)7(10)11;/h6H,2-5,9H2,1H3,(H,10,11);1H. The highest BCUT2D eigenvalue weighted by Gasteiger charge is 2.44. The Labute approximate surface area is 78.7 Å². The molecule has 2 atom stereocenters. The van der Waals surface area contributed by atoms with Gasteiger partial charge in [0.1, 0.15) is 5.54 Å². The Morgan fingerprint density at radius 2 is 2.33 bits per heavy atom. The Morgan fingerprint density at radius 1 is 1.75 bits per heavy atom. The van der Waals surface area contributed by atoms with E-state index in [-0.39, 0.29) is 18.3 Å². The minimum absolute atomic E-state index is 0. The molecule has 2 unspecified atom stereocenters. The quantitative estimate of drug-likeness (QED) is 0.697. The van der Waals surface area contributed by atoms with Gasteiger partial charge in [0.15, 0.2) is 0 Å². The number of hydrogen-bond acceptors (Lipinski definition) is 2.